The zero-order valence-electron chi connectivity index (χ0n) is 26.6. The quantitative estimate of drug-likeness (QED) is 0.253. The molecule has 4 aromatic rings. The van der Waals surface area contributed by atoms with Crippen molar-refractivity contribution >= 4 is 21.4 Å². The fourth-order valence-corrected chi connectivity index (χ4v) is 8.07. The van der Waals surface area contributed by atoms with E-state index >= 15 is 0 Å². The van der Waals surface area contributed by atoms with Crippen molar-refractivity contribution in [2.75, 3.05) is 55.6 Å². The van der Waals surface area contributed by atoms with Crippen molar-refractivity contribution < 1.29 is 17.9 Å². The average Bonchev–Trinajstić information content (AvgIpc) is 3.44. The number of methoxy groups -OCH3 is 1. The van der Waals surface area contributed by atoms with E-state index in [1.807, 2.05) is 38.2 Å². The van der Waals surface area contributed by atoms with Crippen LogP contribution in [-0.2, 0) is 22.0 Å². The normalized spacial score (nSPS) is 18.2. The average molecular weight is 639 g/mol. The lowest BCUT2D eigenvalue weighted by molar-refractivity contribution is 0.124. The molecule has 2 aliphatic rings. The van der Waals surface area contributed by atoms with Gasteiger partial charge >= 0.3 is 0 Å². The highest BCUT2D eigenvalue weighted by atomic mass is 32.2. The van der Waals surface area contributed by atoms with Crippen LogP contribution >= 0.6 is 0 Å². The van der Waals surface area contributed by atoms with Crippen LogP contribution in [0.25, 0.3) is 0 Å². The summed E-state index contributed by atoms with van der Waals surface area (Å²) in [5.41, 5.74) is 4.85. The van der Waals surface area contributed by atoms with Gasteiger partial charge in [0.1, 0.15) is 11.5 Å². The number of pyridine rings is 2. The summed E-state index contributed by atoms with van der Waals surface area (Å²) >= 11 is 0. The van der Waals surface area contributed by atoms with Gasteiger partial charge in [-0.1, -0.05) is 13.0 Å². The number of ether oxygens (including phenoxy) is 2. The molecule has 11 heteroatoms. The van der Waals surface area contributed by atoms with Crippen LogP contribution in [-0.4, -0.2) is 69.7 Å². The summed E-state index contributed by atoms with van der Waals surface area (Å²) in [6.45, 7) is 9.32. The Morgan fingerprint density at radius 2 is 1.76 bits per heavy atom. The molecule has 0 spiro atoms. The van der Waals surface area contributed by atoms with Crippen LogP contribution in [0.2, 0.25) is 0 Å². The molecule has 6 rings (SSSR count). The zero-order chi connectivity index (χ0) is 32.5. The molecule has 4 heterocycles. The Labute approximate surface area is 270 Å². The molecule has 238 valence electrons. The first-order valence-corrected chi connectivity index (χ1v) is 17.0. The van der Waals surface area contributed by atoms with Crippen LogP contribution in [0.5, 0.6) is 11.5 Å². The Morgan fingerprint density at radius 3 is 2.41 bits per heavy atom. The molecule has 1 fully saturated rings. The fourth-order valence-electron chi connectivity index (χ4n) is 6.65. The lowest BCUT2D eigenvalue weighted by Gasteiger charge is -2.47. The molecule has 0 bridgehead atoms. The minimum atomic E-state index is -4.11. The molecular formula is C35H38N6O4S. The van der Waals surface area contributed by atoms with E-state index in [2.05, 4.69) is 51.0 Å². The molecule has 0 radical (unpaired) electrons. The summed E-state index contributed by atoms with van der Waals surface area (Å²) < 4.78 is 41.9. The number of rotatable bonds is 9. The summed E-state index contributed by atoms with van der Waals surface area (Å²) in [4.78, 5) is 13.3. The molecule has 46 heavy (non-hydrogen) atoms. The summed E-state index contributed by atoms with van der Waals surface area (Å²) in [6, 6.07) is 20.9. The maximum absolute atomic E-state index is 14.4. The van der Waals surface area contributed by atoms with Crippen molar-refractivity contribution in [3.05, 3.63) is 101 Å². The smallest absolute Gasteiger partial charge is 0.281 e. The van der Waals surface area contributed by atoms with Crippen molar-refractivity contribution in [1.29, 1.82) is 5.26 Å². The number of aryl methyl sites for hydroxylation is 2. The van der Waals surface area contributed by atoms with E-state index in [1.165, 1.54) is 23.7 Å². The Morgan fingerprint density at radius 1 is 0.957 bits per heavy atom. The van der Waals surface area contributed by atoms with Crippen LogP contribution < -0.4 is 18.7 Å². The molecule has 0 saturated carbocycles. The standard InChI is InChI=1S/C35H38N6O4S/c1-5-26-8-11-33(45-6-2)31(20-26)35(40-17-15-39(16-18-40)28-13-14-37-25(3)19-28)24-41(32-10-7-27(22-36)21-30(32)35)46(42,43)34-12-9-29(44-4)23-38-34/h7-14,19-21,23H,5-6,15-18,24H2,1-4H3. The predicted molar refractivity (Wildman–Crippen MR) is 177 cm³/mol. The Hall–Kier alpha value is -4.66. The van der Waals surface area contributed by atoms with Crippen LogP contribution in [0, 0.1) is 18.3 Å². The number of hydrogen-bond acceptors (Lipinski definition) is 9. The number of nitriles is 1. The largest absolute Gasteiger partial charge is 0.495 e. The second kappa shape index (κ2) is 12.6. The molecule has 2 aliphatic heterocycles. The minimum absolute atomic E-state index is 0.0790. The van der Waals surface area contributed by atoms with Crippen LogP contribution in [0.15, 0.2) is 78.1 Å². The van der Waals surface area contributed by atoms with E-state index in [9.17, 15) is 13.7 Å². The van der Waals surface area contributed by atoms with Gasteiger partial charge in [0.25, 0.3) is 10.0 Å². The Bertz CT molecular complexity index is 1880. The highest BCUT2D eigenvalue weighted by Gasteiger charge is 2.54. The number of anilines is 2. The van der Waals surface area contributed by atoms with Gasteiger partial charge in [0, 0.05) is 54.9 Å². The van der Waals surface area contributed by atoms with Crippen molar-refractivity contribution in [3.63, 3.8) is 0 Å². The number of hydrogen-bond donors (Lipinski definition) is 0. The molecule has 1 unspecified atom stereocenters. The first-order valence-electron chi connectivity index (χ1n) is 15.5. The van der Waals surface area contributed by atoms with Crippen molar-refractivity contribution in [2.24, 2.45) is 0 Å². The topological polar surface area (TPSA) is 112 Å². The van der Waals surface area contributed by atoms with E-state index in [-0.39, 0.29) is 11.6 Å². The lowest BCUT2D eigenvalue weighted by Crippen LogP contribution is -2.58. The van der Waals surface area contributed by atoms with Crippen molar-refractivity contribution in [2.45, 2.75) is 37.8 Å². The number of benzene rings is 2. The van der Waals surface area contributed by atoms with Gasteiger partial charge in [0.15, 0.2) is 5.03 Å². The van der Waals surface area contributed by atoms with E-state index in [0.29, 0.717) is 42.4 Å². The summed E-state index contributed by atoms with van der Waals surface area (Å²) in [6.07, 6.45) is 4.04. The van der Waals surface area contributed by atoms with Gasteiger partial charge in [-0.2, -0.15) is 13.7 Å². The molecule has 1 saturated heterocycles. The van der Waals surface area contributed by atoms with Gasteiger partial charge in [-0.3, -0.25) is 14.2 Å². The van der Waals surface area contributed by atoms with E-state index in [0.717, 1.165) is 47.6 Å². The number of aromatic nitrogens is 2. The third-order valence-electron chi connectivity index (χ3n) is 8.97. The van der Waals surface area contributed by atoms with Gasteiger partial charge in [-0.25, -0.2) is 4.98 Å². The van der Waals surface area contributed by atoms with Gasteiger partial charge < -0.3 is 14.4 Å². The summed E-state index contributed by atoms with van der Waals surface area (Å²) in [5, 5.41) is 9.94. The van der Waals surface area contributed by atoms with Crippen molar-refractivity contribution in [1.82, 2.24) is 14.9 Å². The molecule has 0 N–H and O–H groups in total. The van der Waals surface area contributed by atoms with Gasteiger partial charge in [-0.15, -0.1) is 0 Å². The molecule has 0 amide bonds. The van der Waals surface area contributed by atoms with Crippen LogP contribution in [0.3, 0.4) is 0 Å². The SMILES string of the molecule is CCOc1ccc(CC)cc1C1(N2CCN(c3ccnc(C)c3)CC2)CN(S(=O)(=O)c2ccc(OC)cn2)c2ccc(C#N)cc21. The Kier molecular flexibility index (Phi) is 8.59. The monoisotopic (exact) mass is 638 g/mol. The number of piperazine rings is 1. The van der Waals surface area contributed by atoms with Crippen molar-refractivity contribution in [3.8, 4) is 17.6 Å². The Balaban J connectivity index is 1.54. The first-order chi connectivity index (χ1) is 22.2. The maximum atomic E-state index is 14.4. The second-order valence-electron chi connectivity index (χ2n) is 11.5. The third-order valence-corrected chi connectivity index (χ3v) is 10.7. The molecular weight excluding hydrogens is 600 g/mol. The van der Waals surface area contributed by atoms with Gasteiger partial charge in [0.05, 0.1) is 49.3 Å². The van der Waals surface area contributed by atoms with E-state index in [1.54, 1.807) is 18.2 Å². The number of fused-ring (bicyclic) bond motifs is 1. The van der Waals surface area contributed by atoms with E-state index < -0.39 is 15.6 Å². The number of nitrogens with zero attached hydrogens (tertiary/aromatic N) is 6. The number of sulfonamides is 1. The highest BCUT2D eigenvalue weighted by Crippen LogP contribution is 2.52. The predicted octanol–water partition coefficient (Wildman–Crippen LogP) is 4.90. The molecule has 2 aromatic carbocycles. The zero-order valence-corrected chi connectivity index (χ0v) is 27.4. The minimum Gasteiger partial charge on any atom is -0.495 e. The summed E-state index contributed by atoms with van der Waals surface area (Å²) in [5.74, 6) is 1.16. The maximum Gasteiger partial charge on any atom is 0.281 e. The molecule has 2 aromatic heterocycles. The molecule has 10 nitrogen and oxygen atoms in total. The molecule has 1 atom stereocenters. The molecule has 0 aliphatic carbocycles. The first kappa shape index (κ1) is 31.3. The third kappa shape index (κ3) is 5.42. The lowest BCUT2D eigenvalue weighted by atomic mass is 9.80. The fraction of sp³-hybridized carbons (Fsp3) is 0.343. The second-order valence-corrected chi connectivity index (χ2v) is 13.3. The van der Waals surface area contributed by atoms with Crippen LogP contribution in [0.1, 0.15) is 41.8 Å². The van der Waals surface area contributed by atoms with Crippen LogP contribution in [0.4, 0.5) is 11.4 Å². The summed E-state index contributed by atoms with van der Waals surface area (Å²) in [7, 11) is -2.60. The van der Waals surface area contributed by atoms with E-state index in [4.69, 9.17) is 9.47 Å². The van der Waals surface area contributed by atoms with Gasteiger partial charge in [0.2, 0.25) is 0 Å². The van der Waals surface area contributed by atoms with Gasteiger partial charge in [-0.05, 0) is 80.4 Å². The highest BCUT2D eigenvalue weighted by molar-refractivity contribution is 7.92.